The smallest absolute Gasteiger partial charge is 0.0961 e. The maximum absolute atomic E-state index is 9.44. The fraction of sp³-hybridized carbons (Fsp3) is 0.444. The van der Waals surface area contributed by atoms with E-state index in [0.717, 1.165) is 9.50 Å². The molecule has 5 heteroatoms. The highest BCUT2D eigenvalue weighted by Crippen LogP contribution is 2.17. The van der Waals surface area contributed by atoms with Crippen molar-refractivity contribution < 1.29 is 5.11 Å². The zero-order chi connectivity index (χ0) is 10.4. The molecule has 1 rings (SSSR count). The van der Waals surface area contributed by atoms with Crippen LogP contribution in [0, 0.1) is 0 Å². The number of aliphatic hydroxyl groups is 1. The van der Waals surface area contributed by atoms with Gasteiger partial charge in [0.05, 0.1) is 11.1 Å². The van der Waals surface area contributed by atoms with Crippen LogP contribution in [0.15, 0.2) is 27.8 Å². The number of hydrogen-bond acceptors (Lipinski definition) is 4. The van der Waals surface area contributed by atoms with Crippen molar-refractivity contribution in [1.82, 2.24) is 10.3 Å². The van der Waals surface area contributed by atoms with E-state index in [1.54, 1.807) is 18.0 Å². The Morgan fingerprint density at radius 2 is 2.43 bits per heavy atom. The number of thioether (sulfide) groups is 1. The van der Waals surface area contributed by atoms with Gasteiger partial charge in [0.1, 0.15) is 0 Å². The molecule has 0 radical (unpaired) electrons. The van der Waals surface area contributed by atoms with Gasteiger partial charge in [0.2, 0.25) is 0 Å². The highest BCUT2D eigenvalue weighted by atomic mass is 79.9. The minimum atomic E-state index is -0.324. The van der Waals surface area contributed by atoms with E-state index in [-0.39, 0.29) is 6.10 Å². The number of likely N-dealkylation sites (N-methyl/N-ethyl adjacent to an activating group) is 1. The van der Waals surface area contributed by atoms with Gasteiger partial charge in [0.15, 0.2) is 0 Å². The second-order valence-corrected chi connectivity index (χ2v) is 4.79. The maximum atomic E-state index is 9.44. The Morgan fingerprint density at radius 3 is 3.00 bits per heavy atom. The molecule has 0 spiro atoms. The van der Waals surface area contributed by atoms with Crippen molar-refractivity contribution in [2.24, 2.45) is 0 Å². The molecule has 14 heavy (non-hydrogen) atoms. The van der Waals surface area contributed by atoms with Crippen LogP contribution in [0.5, 0.6) is 0 Å². The Hall–Kier alpha value is -0.100. The summed E-state index contributed by atoms with van der Waals surface area (Å²) < 4.78 is 0.970. The summed E-state index contributed by atoms with van der Waals surface area (Å²) >= 11 is 4.87. The van der Waals surface area contributed by atoms with Gasteiger partial charge in [-0.3, -0.25) is 0 Å². The van der Waals surface area contributed by atoms with E-state index in [9.17, 15) is 5.11 Å². The lowest BCUT2D eigenvalue weighted by atomic mass is 10.4. The molecule has 0 aliphatic heterocycles. The van der Waals surface area contributed by atoms with Gasteiger partial charge < -0.3 is 10.4 Å². The van der Waals surface area contributed by atoms with E-state index in [4.69, 9.17) is 0 Å². The fourth-order valence-electron chi connectivity index (χ4n) is 0.924. The monoisotopic (exact) mass is 276 g/mol. The number of nitrogens with zero attached hydrogens (tertiary/aromatic N) is 1. The first-order chi connectivity index (χ1) is 6.72. The SMILES string of the molecule is CNCC(O)CSc1ccc(Br)cn1. The summed E-state index contributed by atoms with van der Waals surface area (Å²) in [6, 6.07) is 3.88. The summed E-state index contributed by atoms with van der Waals surface area (Å²) in [6.07, 6.45) is 1.43. The van der Waals surface area contributed by atoms with Crippen molar-refractivity contribution in [2.45, 2.75) is 11.1 Å². The first kappa shape index (κ1) is 12.0. The van der Waals surface area contributed by atoms with Gasteiger partial charge in [-0.1, -0.05) is 0 Å². The summed E-state index contributed by atoms with van der Waals surface area (Å²) in [6.45, 7) is 0.615. The molecule has 0 bridgehead atoms. The second-order valence-electron chi connectivity index (χ2n) is 2.84. The van der Waals surface area contributed by atoms with Crippen molar-refractivity contribution in [1.29, 1.82) is 0 Å². The third kappa shape index (κ3) is 4.41. The standard InChI is InChI=1S/C9H13BrN2OS/c1-11-5-8(13)6-14-9-3-2-7(10)4-12-9/h2-4,8,11,13H,5-6H2,1H3. The number of halogens is 1. The first-order valence-corrected chi connectivity index (χ1v) is 6.07. The zero-order valence-corrected chi connectivity index (χ0v) is 10.3. The Kier molecular flexibility index (Phi) is 5.47. The van der Waals surface area contributed by atoms with Gasteiger partial charge in [-0.25, -0.2) is 4.98 Å². The van der Waals surface area contributed by atoms with Crippen molar-refractivity contribution in [3.05, 3.63) is 22.8 Å². The molecule has 0 aromatic carbocycles. The molecule has 1 atom stereocenters. The van der Waals surface area contributed by atoms with Gasteiger partial charge in [-0.2, -0.15) is 0 Å². The Labute approximate surface area is 96.4 Å². The molecule has 1 unspecified atom stereocenters. The van der Waals surface area contributed by atoms with Crippen molar-refractivity contribution in [2.75, 3.05) is 19.3 Å². The summed E-state index contributed by atoms with van der Waals surface area (Å²) in [5.41, 5.74) is 0. The largest absolute Gasteiger partial charge is 0.391 e. The van der Waals surface area contributed by atoms with Gasteiger partial charge in [-0.15, -0.1) is 11.8 Å². The predicted octanol–water partition coefficient (Wildman–Crippen LogP) is 1.52. The normalized spacial score (nSPS) is 12.8. The first-order valence-electron chi connectivity index (χ1n) is 4.29. The van der Waals surface area contributed by atoms with E-state index >= 15 is 0 Å². The van der Waals surface area contributed by atoms with Crippen LogP contribution in [-0.2, 0) is 0 Å². The van der Waals surface area contributed by atoms with Crippen LogP contribution in [-0.4, -0.2) is 35.5 Å². The van der Waals surface area contributed by atoms with E-state index in [1.807, 2.05) is 19.2 Å². The average molecular weight is 277 g/mol. The molecule has 0 aliphatic carbocycles. The van der Waals surface area contributed by atoms with Crippen molar-refractivity contribution in [3.63, 3.8) is 0 Å². The summed E-state index contributed by atoms with van der Waals surface area (Å²) in [7, 11) is 1.83. The minimum Gasteiger partial charge on any atom is -0.391 e. The third-order valence-electron chi connectivity index (χ3n) is 1.56. The highest BCUT2D eigenvalue weighted by molar-refractivity contribution is 9.10. The zero-order valence-electron chi connectivity index (χ0n) is 7.90. The number of aliphatic hydroxyl groups excluding tert-OH is 1. The van der Waals surface area contributed by atoms with Gasteiger partial charge in [0.25, 0.3) is 0 Å². The van der Waals surface area contributed by atoms with E-state index in [2.05, 4.69) is 26.2 Å². The van der Waals surface area contributed by atoms with Crippen molar-refractivity contribution >= 4 is 27.7 Å². The summed E-state index contributed by atoms with van der Waals surface area (Å²) in [5.74, 6) is 0.662. The predicted molar refractivity (Wildman–Crippen MR) is 62.6 cm³/mol. The maximum Gasteiger partial charge on any atom is 0.0961 e. The Morgan fingerprint density at radius 1 is 1.64 bits per heavy atom. The fourth-order valence-corrected chi connectivity index (χ4v) is 1.93. The van der Waals surface area contributed by atoms with Crippen LogP contribution in [0.2, 0.25) is 0 Å². The lowest BCUT2D eigenvalue weighted by Crippen LogP contribution is -2.25. The molecule has 0 amide bonds. The average Bonchev–Trinajstić information content (AvgIpc) is 2.17. The number of rotatable bonds is 5. The van der Waals surface area contributed by atoms with Gasteiger partial charge in [0, 0.05) is 23.0 Å². The van der Waals surface area contributed by atoms with Crippen LogP contribution >= 0.6 is 27.7 Å². The number of hydrogen-bond donors (Lipinski definition) is 2. The molecule has 2 N–H and O–H groups in total. The second kappa shape index (κ2) is 6.40. The van der Waals surface area contributed by atoms with Crippen LogP contribution in [0.1, 0.15) is 0 Å². The third-order valence-corrected chi connectivity index (χ3v) is 3.12. The quantitative estimate of drug-likeness (QED) is 0.801. The van der Waals surface area contributed by atoms with Crippen molar-refractivity contribution in [3.8, 4) is 0 Å². The molecule has 78 valence electrons. The molecule has 0 saturated carbocycles. The van der Waals surface area contributed by atoms with Crippen LogP contribution in [0.3, 0.4) is 0 Å². The number of pyridine rings is 1. The molecule has 0 fully saturated rings. The molecule has 3 nitrogen and oxygen atoms in total. The molecule has 1 aromatic heterocycles. The van der Waals surface area contributed by atoms with Crippen LogP contribution in [0.25, 0.3) is 0 Å². The lowest BCUT2D eigenvalue weighted by molar-refractivity contribution is 0.199. The molecular weight excluding hydrogens is 264 g/mol. The molecule has 1 aromatic rings. The number of nitrogens with one attached hydrogen (secondary N) is 1. The summed E-state index contributed by atoms with van der Waals surface area (Å²) in [5, 5.41) is 13.3. The Balaban J connectivity index is 2.34. The molecule has 0 aliphatic rings. The highest BCUT2D eigenvalue weighted by Gasteiger charge is 2.03. The topological polar surface area (TPSA) is 45.1 Å². The van der Waals surface area contributed by atoms with E-state index < -0.39 is 0 Å². The molecular formula is C9H13BrN2OS. The molecule has 0 saturated heterocycles. The lowest BCUT2D eigenvalue weighted by Gasteiger charge is -2.08. The van der Waals surface area contributed by atoms with Gasteiger partial charge in [-0.05, 0) is 35.1 Å². The van der Waals surface area contributed by atoms with Gasteiger partial charge >= 0.3 is 0 Å². The minimum absolute atomic E-state index is 0.324. The van der Waals surface area contributed by atoms with Crippen LogP contribution < -0.4 is 5.32 Å². The van der Waals surface area contributed by atoms with E-state index in [1.165, 1.54) is 0 Å². The number of aromatic nitrogens is 1. The summed E-state index contributed by atoms with van der Waals surface area (Å²) in [4.78, 5) is 4.19. The Bertz CT molecular complexity index is 268. The molecule has 1 heterocycles. The van der Waals surface area contributed by atoms with E-state index in [0.29, 0.717) is 12.3 Å². The van der Waals surface area contributed by atoms with Crippen LogP contribution in [0.4, 0.5) is 0 Å².